The van der Waals surface area contributed by atoms with E-state index in [1.54, 1.807) is 50.3 Å². The van der Waals surface area contributed by atoms with Crippen LogP contribution in [-0.2, 0) is 0 Å². The summed E-state index contributed by atoms with van der Waals surface area (Å²) in [6.07, 6.45) is 11.0. The van der Waals surface area contributed by atoms with E-state index in [1.165, 1.54) is 0 Å². The van der Waals surface area contributed by atoms with Gasteiger partial charge in [0.2, 0.25) is 0 Å². The molecule has 0 saturated heterocycles. The van der Waals surface area contributed by atoms with Gasteiger partial charge in [-0.1, -0.05) is 24.0 Å². The zero-order chi connectivity index (χ0) is 26.1. The standard InChI is InChI=1S/C30H25BF2N2O2/c1-18-13-20(3)34-28(18)26(29-19(2)14-21(4)35(29)31(34,32)33)12-11-24-16-25-15-22-9-7-5-6-8-10-23(22)17-27(25)37-30(24)36/h7,9,11-17H,5-6H2,1-4H3. The van der Waals surface area contributed by atoms with Gasteiger partial charge in [0.15, 0.2) is 5.70 Å². The number of aryl methyl sites for hydroxylation is 2. The molecule has 7 heteroatoms. The highest BCUT2D eigenvalue weighted by molar-refractivity contribution is 6.58. The SMILES string of the molecule is CC1=CC(C)=[N+]2C1=C(C=Cc1cc3cc4c(cc3oc1=O)C#CCCC=C4)c1c(C)cc(C)n1[B-]2(F)F. The van der Waals surface area contributed by atoms with E-state index in [9.17, 15) is 4.79 Å². The highest BCUT2D eigenvalue weighted by Gasteiger charge is 2.54. The Hall–Kier alpha value is -4.18. The predicted molar refractivity (Wildman–Crippen MR) is 146 cm³/mol. The van der Waals surface area contributed by atoms with Crippen molar-refractivity contribution in [2.24, 2.45) is 0 Å². The maximum absolute atomic E-state index is 15.8. The zero-order valence-electron chi connectivity index (χ0n) is 21.2. The van der Waals surface area contributed by atoms with Crippen LogP contribution >= 0.6 is 0 Å². The second-order valence-corrected chi connectivity index (χ2v) is 9.92. The molecule has 3 aliphatic rings. The zero-order valence-corrected chi connectivity index (χ0v) is 21.2. The van der Waals surface area contributed by atoms with Crippen molar-refractivity contribution in [3.05, 3.63) is 97.8 Å². The highest BCUT2D eigenvalue weighted by Crippen LogP contribution is 2.42. The molecular weight excluding hydrogens is 469 g/mol. The Kier molecular flexibility index (Phi) is 5.13. The molecule has 0 unspecified atom stereocenters. The first-order valence-corrected chi connectivity index (χ1v) is 12.4. The maximum atomic E-state index is 15.8. The number of nitrogens with zero attached hydrogens (tertiary/aromatic N) is 2. The smallest absolute Gasteiger partial charge is 0.422 e. The summed E-state index contributed by atoms with van der Waals surface area (Å²) in [4.78, 5) is 12.9. The van der Waals surface area contributed by atoms with Gasteiger partial charge in [0, 0.05) is 41.6 Å². The molecule has 0 fully saturated rings. The van der Waals surface area contributed by atoms with E-state index in [4.69, 9.17) is 4.42 Å². The number of benzene rings is 1. The Bertz CT molecular complexity index is 1820. The molecule has 2 aliphatic heterocycles. The molecule has 37 heavy (non-hydrogen) atoms. The van der Waals surface area contributed by atoms with Crippen LogP contribution in [0.2, 0.25) is 0 Å². The number of halogens is 2. The average molecular weight is 494 g/mol. The van der Waals surface area contributed by atoms with Crippen LogP contribution in [-0.4, -0.2) is 21.6 Å². The highest BCUT2D eigenvalue weighted by atomic mass is 19.2. The van der Waals surface area contributed by atoms with Gasteiger partial charge in [0.05, 0.1) is 11.1 Å². The molecule has 2 aromatic heterocycles. The third-order valence-electron chi connectivity index (χ3n) is 7.29. The fourth-order valence-corrected chi connectivity index (χ4v) is 5.77. The Morgan fingerprint density at radius 1 is 1.11 bits per heavy atom. The van der Waals surface area contributed by atoms with Crippen molar-refractivity contribution in [2.75, 3.05) is 0 Å². The summed E-state index contributed by atoms with van der Waals surface area (Å²) in [5.41, 5.74) is 6.26. The van der Waals surface area contributed by atoms with Crippen molar-refractivity contribution >= 4 is 41.4 Å². The van der Waals surface area contributed by atoms with E-state index in [1.807, 2.05) is 26.0 Å². The Labute approximate surface area is 213 Å². The fourth-order valence-electron chi connectivity index (χ4n) is 5.77. The molecule has 0 bridgehead atoms. The normalized spacial score (nSPS) is 17.8. The summed E-state index contributed by atoms with van der Waals surface area (Å²) in [7, 11) is 0. The third kappa shape index (κ3) is 3.51. The minimum Gasteiger partial charge on any atom is -0.422 e. The summed E-state index contributed by atoms with van der Waals surface area (Å²) < 4.78 is 39.5. The second-order valence-electron chi connectivity index (χ2n) is 9.92. The number of rotatable bonds is 2. The van der Waals surface area contributed by atoms with Gasteiger partial charge in [-0.25, -0.2) is 4.79 Å². The van der Waals surface area contributed by atoms with E-state index in [0.29, 0.717) is 39.5 Å². The molecule has 0 amide bonds. The van der Waals surface area contributed by atoms with Crippen LogP contribution in [0.15, 0.2) is 63.0 Å². The van der Waals surface area contributed by atoms with Crippen LogP contribution in [0.4, 0.5) is 8.63 Å². The number of allylic oxidation sites excluding steroid dienone is 5. The van der Waals surface area contributed by atoms with Crippen LogP contribution in [0.5, 0.6) is 0 Å². The van der Waals surface area contributed by atoms with Crippen molar-refractivity contribution in [1.82, 2.24) is 4.48 Å². The number of aromatic nitrogens is 1. The molecule has 1 aliphatic carbocycles. The van der Waals surface area contributed by atoms with Gasteiger partial charge in [-0.15, -0.1) is 0 Å². The van der Waals surface area contributed by atoms with Crippen LogP contribution in [0.1, 0.15) is 60.3 Å². The predicted octanol–water partition coefficient (Wildman–Crippen LogP) is 6.46. The molecule has 0 spiro atoms. The summed E-state index contributed by atoms with van der Waals surface area (Å²) in [5, 5.41) is 0.777. The van der Waals surface area contributed by atoms with Crippen molar-refractivity contribution < 1.29 is 17.5 Å². The van der Waals surface area contributed by atoms with Gasteiger partial charge in [0.1, 0.15) is 11.3 Å². The minimum absolute atomic E-state index is 0.351. The van der Waals surface area contributed by atoms with Crippen LogP contribution in [0.25, 0.3) is 28.7 Å². The lowest BCUT2D eigenvalue weighted by Gasteiger charge is -2.33. The quantitative estimate of drug-likeness (QED) is 0.233. The molecule has 184 valence electrons. The topological polar surface area (TPSA) is 38.1 Å². The largest absolute Gasteiger partial charge is 0.737 e. The summed E-state index contributed by atoms with van der Waals surface area (Å²) in [6, 6.07) is 7.34. The summed E-state index contributed by atoms with van der Waals surface area (Å²) in [6.45, 7) is 3.04. The molecule has 0 radical (unpaired) electrons. The van der Waals surface area contributed by atoms with Crippen molar-refractivity contribution in [3.8, 4) is 11.8 Å². The molecule has 4 heterocycles. The van der Waals surface area contributed by atoms with Crippen molar-refractivity contribution in [1.29, 1.82) is 0 Å². The lowest BCUT2D eigenvalue weighted by Crippen LogP contribution is -2.51. The summed E-state index contributed by atoms with van der Waals surface area (Å²) in [5.74, 6) is 6.29. The second kappa shape index (κ2) is 8.17. The van der Waals surface area contributed by atoms with E-state index < -0.39 is 12.6 Å². The number of fused-ring (bicyclic) bond motifs is 4. The molecule has 0 N–H and O–H groups in total. The molecule has 6 rings (SSSR count). The van der Waals surface area contributed by atoms with Crippen molar-refractivity contribution in [2.45, 2.75) is 40.5 Å². The lowest BCUT2D eigenvalue weighted by atomic mass is 9.86. The Balaban J connectivity index is 1.53. The lowest BCUT2D eigenvalue weighted by molar-refractivity contribution is -0.363. The van der Waals surface area contributed by atoms with E-state index in [0.717, 1.165) is 49.5 Å². The number of hydrogen-bond acceptors (Lipinski definition) is 2. The van der Waals surface area contributed by atoms with Crippen LogP contribution < -0.4 is 5.63 Å². The van der Waals surface area contributed by atoms with E-state index >= 15 is 8.63 Å². The maximum Gasteiger partial charge on any atom is 0.737 e. The molecule has 0 saturated carbocycles. The average Bonchev–Trinajstić information content (AvgIpc) is 3.29. The fraction of sp³-hybridized carbons (Fsp3) is 0.200. The number of hydrogen-bond donors (Lipinski definition) is 0. The van der Waals surface area contributed by atoms with Gasteiger partial charge in [-0.2, -0.15) is 0 Å². The van der Waals surface area contributed by atoms with Gasteiger partial charge in [-0.3, -0.25) is 0 Å². The van der Waals surface area contributed by atoms with E-state index in [2.05, 4.69) is 17.9 Å². The van der Waals surface area contributed by atoms with Gasteiger partial charge < -0.3 is 22.0 Å². The molecule has 3 aromatic rings. The molecule has 1 aromatic carbocycles. The molecular formula is C30H25BF2N2O2. The van der Waals surface area contributed by atoms with E-state index in [-0.39, 0.29) is 0 Å². The Morgan fingerprint density at radius 3 is 2.73 bits per heavy atom. The Morgan fingerprint density at radius 2 is 1.92 bits per heavy atom. The minimum atomic E-state index is -4.04. The van der Waals surface area contributed by atoms with Gasteiger partial charge >= 0.3 is 12.6 Å². The van der Waals surface area contributed by atoms with Crippen LogP contribution in [0, 0.1) is 25.7 Å². The van der Waals surface area contributed by atoms with Gasteiger partial charge in [0.25, 0.3) is 0 Å². The van der Waals surface area contributed by atoms with Crippen LogP contribution in [0.3, 0.4) is 0 Å². The summed E-state index contributed by atoms with van der Waals surface area (Å²) >= 11 is 0. The molecule has 0 atom stereocenters. The monoisotopic (exact) mass is 494 g/mol. The first kappa shape index (κ1) is 23.2. The first-order chi connectivity index (χ1) is 17.7. The van der Waals surface area contributed by atoms with Crippen molar-refractivity contribution in [3.63, 3.8) is 0 Å². The third-order valence-corrected chi connectivity index (χ3v) is 7.29. The van der Waals surface area contributed by atoms with Gasteiger partial charge in [-0.05, 0) is 80.4 Å². The molecule has 4 nitrogen and oxygen atoms in total. The first-order valence-electron chi connectivity index (χ1n) is 12.4.